The Kier molecular flexibility index (Phi) is 2.70. The molecule has 1 saturated heterocycles. The molecule has 6 rings (SSSR count). The second-order valence-corrected chi connectivity index (χ2v) is 6.71. The van der Waals surface area contributed by atoms with Crippen LogP contribution in [0.4, 0.5) is 4.79 Å². The van der Waals surface area contributed by atoms with E-state index in [0.29, 0.717) is 18.0 Å². The van der Waals surface area contributed by atoms with E-state index < -0.39 is 6.10 Å². The van der Waals surface area contributed by atoms with E-state index in [1.54, 1.807) is 4.90 Å². The molecule has 7 nitrogen and oxygen atoms in total. The Labute approximate surface area is 149 Å². The molecule has 0 aliphatic carbocycles. The smallest absolute Gasteiger partial charge is 0.411 e. The van der Waals surface area contributed by atoms with Crippen LogP contribution in [0.3, 0.4) is 0 Å². The van der Waals surface area contributed by atoms with Crippen molar-refractivity contribution < 1.29 is 28.5 Å². The lowest BCUT2D eigenvalue weighted by Gasteiger charge is -2.31. The molecule has 0 bridgehead atoms. The van der Waals surface area contributed by atoms with Crippen LogP contribution in [-0.2, 0) is 11.2 Å². The van der Waals surface area contributed by atoms with Crippen molar-refractivity contribution in [3.8, 4) is 23.0 Å². The van der Waals surface area contributed by atoms with Crippen LogP contribution in [0.1, 0.15) is 28.8 Å². The molecule has 0 N–H and O–H groups in total. The number of carbonyl (C=O) groups excluding carboxylic acids is 1. The van der Waals surface area contributed by atoms with Gasteiger partial charge in [-0.1, -0.05) is 6.07 Å². The van der Waals surface area contributed by atoms with E-state index in [1.807, 2.05) is 30.3 Å². The molecule has 0 saturated carbocycles. The summed E-state index contributed by atoms with van der Waals surface area (Å²) in [7, 11) is 0. The number of nitrogens with zero attached hydrogens (tertiary/aromatic N) is 1. The standard InChI is InChI=1S/C19H15NO6/c21-19-20-4-3-10-5-15-16(25-9-24-15)7-12(10)17(20)18(26-19)11-1-2-13-14(6-11)23-8-22-13/h1-2,5-7,17-18H,3-4,8-9H2. The normalized spacial score (nSPS) is 24.3. The van der Waals surface area contributed by atoms with Crippen LogP contribution in [0, 0.1) is 0 Å². The van der Waals surface area contributed by atoms with Crippen LogP contribution in [0.5, 0.6) is 23.0 Å². The zero-order chi connectivity index (χ0) is 17.3. The summed E-state index contributed by atoms with van der Waals surface area (Å²) < 4.78 is 27.6. The van der Waals surface area contributed by atoms with Crippen molar-refractivity contribution in [2.45, 2.75) is 18.6 Å². The van der Waals surface area contributed by atoms with Gasteiger partial charge in [-0.25, -0.2) is 4.79 Å². The van der Waals surface area contributed by atoms with E-state index in [1.165, 1.54) is 5.56 Å². The van der Waals surface area contributed by atoms with E-state index in [0.717, 1.165) is 29.0 Å². The molecule has 0 aromatic heterocycles. The van der Waals surface area contributed by atoms with Crippen LogP contribution in [0.25, 0.3) is 0 Å². The maximum absolute atomic E-state index is 12.5. The highest BCUT2D eigenvalue weighted by Crippen LogP contribution is 2.50. The zero-order valence-corrected chi connectivity index (χ0v) is 13.8. The highest BCUT2D eigenvalue weighted by Gasteiger charge is 2.47. The second kappa shape index (κ2) is 4.97. The maximum atomic E-state index is 12.5. The largest absolute Gasteiger partial charge is 0.454 e. The number of ether oxygens (including phenoxy) is 5. The Morgan fingerprint density at radius 2 is 1.62 bits per heavy atom. The van der Waals surface area contributed by atoms with E-state index >= 15 is 0 Å². The molecule has 2 aromatic carbocycles. The van der Waals surface area contributed by atoms with Gasteiger partial charge in [0.25, 0.3) is 0 Å². The summed E-state index contributed by atoms with van der Waals surface area (Å²) in [5, 5.41) is 0. The summed E-state index contributed by atoms with van der Waals surface area (Å²) in [6, 6.07) is 9.49. The van der Waals surface area contributed by atoms with Crippen LogP contribution in [0.2, 0.25) is 0 Å². The number of carbonyl (C=O) groups is 1. The van der Waals surface area contributed by atoms with Crippen LogP contribution < -0.4 is 18.9 Å². The van der Waals surface area contributed by atoms with Gasteiger partial charge in [0.1, 0.15) is 6.04 Å². The Balaban J connectivity index is 1.46. The van der Waals surface area contributed by atoms with E-state index in [2.05, 4.69) is 0 Å². The Bertz CT molecular complexity index is 942. The van der Waals surface area contributed by atoms with Crippen molar-refractivity contribution in [1.82, 2.24) is 4.90 Å². The fourth-order valence-corrected chi connectivity index (χ4v) is 4.15. The molecule has 7 heteroatoms. The lowest BCUT2D eigenvalue weighted by molar-refractivity contribution is 0.130. The molecule has 4 heterocycles. The summed E-state index contributed by atoms with van der Waals surface area (Å²) in [6.45, 7) is 1.07. The number of amides is 1. The summed E-state index contributed by atoms with van der Waals surface area (Å²) in [5.41, 5.74) is 3.11. The predicted octanol–water partition coefficient (Wildman–Crippen LogP) is 2.93. The van der Waals surface area contributed by atoms with E-state index in [9.17, 15) is 4.79 Å². The SMILES string of the molecule is O=C1OC(c2ccc3c(c2)OCO3)C2c3cc4c(cc3CCN12)OCO4. The van der Waals surface area contributed by atoms with Gasteiger partial charge in [0.05, 0.1) is 0 Å². The molecule has 132 valence electrons. The highest BCUT2D eigenvalue weighted by molar-refractivity contribution is 5.73. The molecule has 2 aromatic rings. The number of hydrogen-bond acceptors (Lipinski definition) is 6. The summed E-state index contributed by atoms with van der Waals surface area (Å²) in [5.74, 6) is 2.87. The summed E-state index contributed by atoms with van der Waals surface area (Å²) in [6.07, 6.45) is 0.0724. The molecule has 1 fully saturated rings. The Hall–Kier alpha value is -3.09. The van der Waals surface area contributed by atoms with Crippen molar-refractivity contribution in [2.24, 2.45) is 0 Å². The molecule has 4 aliphatic heterocycles. The average molecular weight is 353 g/mol. The van der Waals surface area contributed by atoms with Crippen LogP contribution >= 0.6 is 0 Å². The first-order valence-corrected chi connectivity index (χ1v) is 8.57. The van der Waals surface area contributed by atoms with Crippen LogP contribution in [-0.4, -0.2) is 31.1 Å². The first kappa shape index (κ1) is 14.1. The van der Waals surface area contributed by atoms with Gasteiger partial charge < -0.3 is 23.7 Å². The van der Waals surface area contributed by atoms with Gasteiger partial charge >= 0.3 is 6.09 Å². The van der Waals surface area contributed by atoms with Crippen molar-refractivity contribution in [3.05, 3.63) is 47.0 Å². The third kappa shape index (κ3) is 1.85. The Morgan fingerprint density at radius 1 is 0.885 bits per heavy atom. The van der Waals surface area contributed by atoms with Crippen molar-refractivity contribution in [2.75, 3.05) is 20.1 Å². The first-order valence-electron chi connectivity index (χ1n) is 8.57. The monoisotopic (exact) mass is 353 g/mol. The van der Waals surface area contributed by atoms with Gasteiger partial charge in [0.15, 0.2) is 29.1 Å². The molecule has 0 spiro atoms. The maximum Gasteiger partial charge on any atom is 0.411 e. The lowest BCUT2D eigenvalue weighted by atomic mass is 9.87. The number of fused-ring (bicyclic) bond motifs is 5. The zero-order valence-electron chi connectivity index (χ0n) is 13.8. The van der Waals surface area contributed by atoms with Crippen molar-refractivity contribution >= 4 is 6.09 Å². The lowest BCUT2D eigenvalue weighted by Crippen LogP contribution is -2.34. The summed E-state index contributed by atoms with van der Waals surface area (Å²) >= 11 is 0. The fraction of sp³-hybridized carbons (Fsp3) is 0.316. The molecule has 0 radical (unpaired) electrons. The van der Waals surface area contributed by atoms with Gasteiger partial charge in [-0.2, -0.15) is 0 Å². The molecule has 1 amide bonds. The van der Waals surface area contributed by atoms with Gasteiger partial charge in [0.2, 0.25) is 13.6 Å². The van der Waals surface area contributed by atoms with Gasteiger partial charge in [0, 0.05) is 6.54 Å². The van der Waals surface area contributed by atoms with Crippen molar-refractivity contribution in [3.63, 3.8) is 0 Å². The van der Waals surface area contributed by atoms with Gasteiger partial charge in [-0.3, -0.25) is 4.90 Å². The van der Waals surface area contributed by atoms with E-state index in [4.69, 9.17) is 23.7 Å². The van der Waals surface area contributed by atoms with E-state index in [-0.39, 0.29) is 25.7 Å². The molecular weight excluding hydrogens is 338 g/mol. The summed E-state index contributed by atoms with van der Waals surface area (Å²) in [4.78, 5) is 14.3. The minimum Gasteiger partial charge on any atom is -0.454 e. The molecule has 2 atom stereocenters. The van der Waals surface area contributed by atoms with Crippen LogP contribution in [0.15, 0.2) is 30.3 Å². The second-order valence-electron chi connectivity index (χ2n) is 6.71. The molecular formula is C19H15NO6. The third-order valence-electron chi connectivity index (χ3n) is 5.39. The fourth-order valence-electron chi connectivity index (χ4n) is 4.15. The third-order valence-corrected chi connectivity index (χ3v) is 5.39. The van der Waals surface area contributed by atoms with Gasteiger partial charge in [-0.05, 0) is 47.4 Å². The molecule has 2 unspecified atom stereocenters. The first-order chi connectivity index (χ1) is 12.8. The highest BCUT2D eigenvalue weighted by atomic mass is 16.7. The topological polar surface area (TPSA) is 66.5 Å². The minimum atomic E-state index is -0.406. The molecule has 26 heavy (non-hydrogen) atoms. The number of hydrogen-bond donors (Lipinski definition) is 0. The average Bonchev–Trinajstić information content (AvgIpc) is 3.37. The predicted molar refractivity (Wildman–Crippen MR) is 87.5 cm³/mol. The van der Waals surface area contributed by atoms with Gasteiger partial charge in [-0.15, -0.1) is 0 Å². The number of cyclic esters (lactones) is 1. The number of benzene rings is 2. The Morgan fingerprint density at radius 3 is 2.46 bits per heavy atom. The number of rotatable bonds is 1. The quantitative estimate of drug-likeness (QED) is 0.785. The minimum absolute atomic E-state index is 0.193. The van der Waals surface area contributed by atoms with Crippen molar-refractivity contribution in [1.29, 1.82) is 0 Å². The molecule has 4 aliphatic rings.